The number of nitrogens with one attached hydrogen (secondary N) is 2. The number of aromatic hydroxyl groups is 1. The van der Waals surface area contributed by atoms with Crippen molar-refractivity contribution in [3.63, 3.8) is 0 Å². The van der Waals surface area contributed by atoms with Gasteiger partial charge in [-0.3, -0.25) is 9.59 Å². The topological polar surface area (TPSA) is 98.3 Å². The molecule has 156 valence electrons. The SMILES string of the molecule is Cc1ccc(CNC(=O)c2nc(-c3ccc(CN(C)C)cc3)[nH]c(=O)c2O)cc1C. The lowest BCUT2D eigenvalue weighted by molar-refractivity contribution is 0.0942. The maximum atomic E-state index is 12.6. The molecule has 1 heterocycles. The molecule has 30 heavy (non-hydrogen) atoms. The molecule has 0 aliphatic carbocycles. The molecule has 0 spiro atoms. The van der Waals surface area contributed by atoms with Gasteiger partial charge in [-0.25, -0.2) is 4.98 Å². The third-order valence-electron chi connectivity index (χ3n) is 4.86. The molecule has 1 amide bonds. The van der Waals surface area contributed by atoms with Crippen LogP contribution < -0.4 is 10.9 Å². The second-order valence-electron chi connectivity index (χ2n) is 7.65. The summed E-state index contributed by atoms with van der Waals surface area (Å²) in [7, 11) is 3.96. The molecule has 0 fully saturated rings. The molecule has 2 aromatic carbocycles. The number of aromatic amines is 1. The van der Waals surface area contributed by atoms with E-state index in [1.54, 1.807) is 0 Å². The number of benzene rings is 2. The third kappa shape index (κ3) is 4.93. The van der Waals surface area contributed by atoms with Gasteiger partial charge in [-0.15, -0.1) is 0 Å². The minimum Gasteiger partial charge on any atom is -0.501 e. The third-order valence-corrected chi connectivity index (χ3v) is 4.86. The van der Waals surface area contributed by atoms with Gasteiger partial charge in [0, 0.05) is 18.7 Å². The maximum Gasteiger partial charge on any atom is 0.294 e. The smallest absolute Gasteiger partial charge is 0.294 e. The molecule has 0 atom stereocenters. The molecular weight excluding hydrogens is 380 g/mol. The van der Waals surface area contributed by atoms with Gasteiger partial charge in [-0.2, -0.15) is 0 Å². The van der Waals surface area contributed by atoms with Crippen molar-refractivity contribution in [2.75, 3.05) is 14.1 Å². The Kier molecular flexibility index (Phi) is 6.32. The summed E-state index contributed by atoms with van der Waals surface area (Å²) in [6, 6.07) is 13.4. The van der Waals surface area contributed by atoms with E-state index in [1.165, 1.54) is 5.56 Å². The van der Waals surface area contributed by atoms with Crippen LogP contribution in [0.5, 0.6) is 5.75 Å². The van der Waals surface area contributed by atoms with Crippen LogP contribution in [0.4, 0.5) is 0 Å². The molecule has 0 bridgehead atoms. The molecule has 7 nitrogen and oxygen atoms in total. The van der Waals surface area contributed by atoms with Crippen LogP contribution in [0.25, 0.3) is 11.4 Å². The summed E-state index contributed by atoms with van der Waals surface area (Å²) in [5.41, 5.74) is 3.92. The number of hydrogen-bond acceptors (Lipinski definition) is 5. The first-order chi connectivity index (χ1) is 14.2. The fraction of sp³-hybridized carbons (Fsp3) is 0.261. The van der Waals surface area contributed by atoms with E-state index in [4.69, 9.17) is 0 Å². The fourth-order valence-electron chi connectivity index (χ4n) is 3.07. The van der Waals surface area contributed by atoms with E-state index < -0.39 is 17.2 Å². The highest BCUT2D eigenvalue weighted by molar-refractivity contribution is 5.95. The van der Waals surface area contributed by atoms with E-state index in [9.17, 15) is 14.7 Å². The number of nitrogens with zero attached hydrogens (tertiary/aromatic N) is 2. The molecule has 0 unspecified atom stereocenters. The number of rotatable bonds is 6. The number of aryl methyl sites for hydroxylation is 2. The summed E-state index contributed by atoms with van der Waals surface area (Å²) in [5, 5.41) is 12.8. The van der Waals surface area contributed by atoms with Crippen LogP contribution in [-0.2, 0) is 13.1 Å². The molecular formula is C23H26N4O3. The van der Waals surface area contributed by atoms with Crippen molar-refractivity contribution in [1.82, 2.24) is 20.2 Å². The zero-order chi connectivity index (χ0) is 21.8. The second-order valence-corrected chi connectivity index (χ2v) is 7.65. The van der Waals surface area contributed by atoms with Crippen LogP contribution >= 0.6 is 0 Å². The van der Waals surface area contributed by atoms with Crippen molar-refractivity contribution >= 4 is 5.91 Å². The van der Waals surface area contributed by atoms with Crippen LogP contribution in [0.3, 0.4) is 0 Å². The largest absolute Gasteiger partial charge is 0.501 e. The first-order valence-corrected chi connectivity index (χ1v) is 9.66. The minimum absolute atomic E-state index is 0.227. The normalized spacial score (nSPS) is 11.0. The second kappa shape index (κ2) is 8.92. The van der Waals surface area contributed by atoms with Crippen LogP contribution in [0.2, 0.25) is 0 Å². The Morgan fingerprint density at radius 3 is 2.37 bits per heavy atom. The van der Waals surface area contributed by atoms with Crippen LogP contribution in [0.15, 0.2) is 47.3 Å². The quantitative estimate of drug-likeness (QED) is 0.585. The molecule has 3 N–H and O–H groups in total. The molecule has 3 rings (SSSR count). The molecule has 0 radical (unpaired) electrons. The Balaban J connectivity index is 1.82. The van der Waals surface area contributed by atoms with Gasteiger partial charge in [0.2, 0.25) is 5.75 Å². The van der Waals surface area contributed by atoms with Gasteiger partial charge in [0.15, 0.2) is 5.69 Å². The van der Waals surface area contributed by atoms with E-state index in [-0.39, 0.29) is 18.1 Å². The molecule has 3 aromatic rings. The number of H-pyrrole nitrogens is 1. The molecule has 1 aromatic heterocycles. The summed E-state index contributed by atoms with van der Waals surface area (Å²) in [5.74, 6) is -1.08. The number of amides is 1. The van der Waals surface area contributed by atoms with Crippen LogP contribution in [0, 0.1) is 13.8 Å². The van der Waals surface area contributed by atoms with E-state index in [2.05, 4.69) is 15.3 Å². The van der Waals surface area contributed by atoms with Gasteiger partial charge in [0.1, 0.15) is 5.82 Å². The zero-order valence-electron chi connectivity index (χ0n) is 17.6. The first kappa shape index (κ1) is 21.3. The van der Waals surface area contributed by atoms with Crippen LogP contribution in [-0.4, -0.2) is 40.0 Å². The Morgan fingerprint density at radius 2 is 1.73 bits per heavy atom. The predicted molar refractivity (Wildman–Crippen MR) is 116 cm³/mol. The highest BCUT2D eigenvalue weighted by Gasteiger charge is 2.18. The highest BCUT2D eigenvalue weighted by atomic mass is 16.3. The first-order valence-electron chi connectivity index (χ1n) is 9.66. The van der Waals surface area contributed by atoms with E-state index in [1.807, 2.05) is 75.3 Å². The molecule has 0 aliphatic heterocycles. The maximum absolute atomic E-state index is 12.6. The molecule has 7 heteroatoms. The fourth-order valence-corrected chi connectivity index (χ4v) is 3.07. The number of hydrogen-bond donors (Lipinski definition) is 3. The summed E-state index contributed by atoms with van der Waals surface area (Å²) in [6.45, 7) is 5.07. The number of carbonyl (C=O) groups is 1. The zero-order valence-corrected chi connectivity index (χ0v) is 17.6. The molecule has 0 saturated carbocycles. The Morgan fingerprint density at radius 1 is 1.07 bits per heavy atom. The average Bonchev–Trinajstić information content (AvgIpc) is 2.70. The lowest BCUT2D eigenvalue weighted by atomic mass is 10.1. The number of carbonyl (C=O) groups excluding carboxylic acids is 1. The van der Waals surface area contributed by atoms with Crippen molar-refractivity contribution in [2.24, 2.45) is 0 Å². The van der Waals surface area contributed by atoms with E-state index >= 15 is 0 Å². The standard InChI is InChI=1S/C23H26N4O3/c1-14-5-6-17(11-15(14)2)12-24-22(29)19-20(28)23(30)26-21(25-19)18-9-7-16(8-10-18)13-27(3)4/h5-11,28H,12-13H2,1-4H3,(H,24,29)(H,25,26,30). The van der Waals surface area contributed by atoms with Gasteiger partial charge in [-0.1, -0.05) is 42.5 Å². The predicted octanol–water partition coefficient (Wildman–Crippen LogP) is 2.75. The van der Waals surface area contributed by atoms with Crippen molar-refractivity contribution in [2.45, 2.75) is 26.9 Å². The Bertz CT molecular complexity index is 1120. The Labute approximate surface area is 175 Å². The summed E-state index contributed by atoms with van der Waals surface area (Å²) in [6.07, 6.45) is 0. The van der Waals surface area contributed by atoms with Crippen molar-refractivity contribution < 1.29 is 9.90 Å². The highest BCUT2D eigenvalue weighted by Crippen LogP contribution is 2.18. The summed E-state index contributed by atoms with van der Waals surface area (Å²) < 4.78 is 0. The van der Waals surface area contributed by atoms with E-state index in [0.29, 0.717) is 5.56 Å². The lowest BCUT2D eigenvalue weighted by Gasteiger charge is -2.11. The Hall–Kier alpha value is -3.45. The monoisotopic (exact) mass is 406 g/mol. The van der Waals surface area contributed by atoms with Gasteiger partial charge >= 0.3 is 0 Å². The summed E-state index contributed by atoms with van der Waals surface area (Å²) in [4.78, 5) is 33.6. The minimum atomic E-state index is -0.756. The van der Waals surface area contributed by atoms with Crippen molar-refractivity contribution in [3.05, 3.63) is 80.8 Å². The van der Waals surface area contributed by atoms with Crippen molar-refractivity contribution in [1.29, 1.82) is 0 Å². The summed E-state index contributed by atoms with van der Waals surface area (Å²) >= 11 is 0. The molecule has 0 saturated heterocycles. The molecule has 0 aliphatic rings. The van der Waals surface area contributed by atoms with Crippen molar-refractivity contribution in [3.8, 4) is 17.1 Å². The van der Waals surface area contributed by atoms with Gasteiger partial charge < -0.3 is 20.3 Å². The van der Waals surface area contributed by atoms with Crippen LogP contribution in [0.1, 0.15) is 32.7 Å². The number of aromatic nitrogens is 2. The van der Waals surface area contributed by atoms with Gasteiger partial charge in [-0.05, 0) is 50.2 Å². The van der Waals surface area contributed by atoms with Gasteiger partial charge in [0.25, 0.3) is 11.5 Å². The van der Waals surface area contributed by atoms with Gasteiger partial charge in [0.05, 0.1) is 0 Å². The lowest BCUT2D eigenvalue weighted by Crippen LogP contribution is -2.26. The average molecular weight is 406 g/mol. The van der Waals surface area contributed by atoms with E-state index in [0.717, 1.165) is 23.2 Å².